The first-order valence-electron chi connectivity index (χ1n) is 12.8. The van der Waals surface area contributed by atoms with Crippen LogP contribution >= 0.6 is 0 Å². The number of anilines is 2. The number of hydrogen-bond acceptors (Lipinski definition) is 9. The summed E-state index contributed by atoms with van der Waals surface area (Å²) in [6.45, 7) is 3.03. The second-order valence-corrected chi connectivity index (χ2v) is 9.22. The van der Waals surface area contributed by atoms with Crippen LogP contribution in [0.4, 0.5) is 24.7 Å². The predicted molar refractivity (Wildman–Crippen MR) is 148 cm³/mol. The molecule has 1 atom stereocenters. The highest BCUT2D eigenvalue weighted by Gasteiger charge is 2.22. The first-order valence-corrected chi connectivity index (χ1v) is 12.8. The average molecular weight is 597 g/mol. The van der Waals surface area contributed by atoms with Crippen molar-refractivity contribution in [1.82, 2.24) is 29.5 Å². The molecule has 4 N–H and O–H groups in total. The van der Waals surface area contributed by atoms with E-state index in [1.165, 1.54) is 31.3 Å². The average Bonchev–Trinajstić information content (AvgIpc) is 3.39. The third kappa shape index (κ3) is 5.67. The minimum Gasteiger partial charge on any atom is -0.453 e. The Morgan fingerprint density at radius 3 is 2.56 bits per heavy atom. The number of aliphatic hydroxyl groups is 1. The van der Waals surface area contributed by atoms with Gasteiger partial charge < -0.3 is 20.5 Å². The highest BCUT2D eigenvalue weighted by molar-refractivity contribution is 6.02. The van der Waals surface area contributed by atoms with Crippen molar-refractivity contribution in [3.63, 3.8) is 0 Å². The number of carbonyl (C=O) groups excluding carboxylic acids is 1. The van der Waals surface area contributed by atoms with Gasteiger partial charge in [-0.1, -0.05) is 0 Å². The molecule has 0 aliphatic rings. The molecule has 0 spiro atoms. The highest BCUT2D eigenvalue weighted by Crippen LogP contribution is 2.34. The van der Waals surface area contributed by atoms with Gasteiger partial charge in [0.25, 0.3) is 11.5 Å². The highest BCUT2D eigenvalue weighted by atomic mass is 19.2. The van der Waals surface area contributed by atoms with Crippen LogP contribution in [-0.2, 0) is 6.54 Å². The van der Waals surface area contributed by atoms with E-state index in [2.05, 4.69) is 30.9 Å². The van der Waals surface area contributed by atoms with Crippen LogP contribution < -0.4 is 26.6 Å². The molecular formula is C27H23F3N8O5. The van der Waals surface area contributed by atoms with Gasteiger partial charge in [-0.15, -0.1) is 0 Å². The molecule has 13 nitrogen and oxygen atoms in total. The van der Waals surface area contributed by atoms with E-state index in [1.807, 2.05) is 0 Å². The third-order valence-electron chi connectivity index (χ3n) is 6.20. The van der Waals surface area contributed by atoms with Gasteiger partial charge in [-0.3, -0.25) is 14.7 Å². The van der Waals surface area contributed by atoms with Crippen molar-refractivity contribution in [2.75, 3.05) is 17.2 Å². The lowest BCUT2D eigenvalue weighted by molar-refractivity contribution is 0.101. The number of pyridine rings is 1. The Hall–Kier alpha value is -5.51. The summed E-state index contributed by atoms with van der Waals surface area (Å²) >= 11 is 0. The van der Waals surface area contributed by atoms with Crippen molar-refractivity contribution in [3.05, 3.63) is 92.6 Å². The number of fused-ring (bicyclic) bond motifs is 1. The summed E-state index contributed by atoms with van der Waals surface area (Å²) in [5.41, 5.74) is -2.96. The maximum absolute atomic E-state index is 15.1. The van der Waals surface area contributed by atoms with Crippen molar-refractivity contribution < 1.29 is 27.8 Å². The molecule has 0 bridgehead atoms. The van der Waals surface area contributed by atoms with E-state index < -0.39 is 40.3 Å². The van der Waals surface area contributed by atoms with Crippen molar-refractivity contribution in [2.24, 2.45) is 0 Å². The zero-order valence-electron chi connectivity index (χ0n) is 22.6. The molecular weight excluding hydrogens is 573 g/mol. The number of carbonyl (C=O) groups is 1. The number of aromatic nitrogens is 6. The van der Waals surface area contributed by atoms with Gasteiger partial charge in [-0.25, -0.2) is 32.2 Å². The minimum absolute atomic E-state index is 0.0567. The second kappa shape index (κ2) is 11.8. The maximum atomic E-state index is 15.1. The van der Waals surface area contributed by atoms with Crippen LogP contribution in [0.15, 0.2) is 58.3 Å². The molecule has 222 valence electrons. The zero-order chi connectivity index (χ0) is 30.8. The van der Waals surface area contributed by atoms with E-state index in [0.717, 1.165) is 22.9 Å². The molecule has 1 amide bonds. The summed E-state index contributed by atoms with van der Waals surface area (Å²) < 4.78 is 49.5. The largest absolute Gasteiger partial charge is 0.453 e. The number of ether oxygens (including phenoxy) is 1. The Kier molecular flexibility index (Phi) is 7.94. The molecule has 16 heteroatoms. The molecule has 0 aliphatic carbocycles. The Bertz CT molecular complexity index is 1970. The van der Waals surface area contributed by atoms with E-state index in [0.29, 0.717) is 27.5 Å². The van der Waals surface area contributed by atoms with Gasteiger partial charge >= 0.3 is 5.69 Å². The van der Waals surface area contributed by atoms with Gasteiger partial charge in [0.15, 0.2) is 34.7 Å². The minimum atomic E-state index is -1.31. The third-order valence-corrected chi connectivity index (χ3v) is 6.20. The number of benzene rings is 2. The summed E-state index contributed by atoms with van der Waals surface area (Å²) in [5.74, 6) is -4.15. The van der Waals surface area contributed by atoms with Gasteiger partial charge in [-0.05, 0) is 38.1 Å². The zero-order valence-corrected chi connectivity index (χ0v) is 22.6. The number of nitrogens with one attached hydrogen (secondary N) is 3. The number of halogens is 3. The first-order chi connectivity index (χ1) is 20.6. The Morgan fingerprint density at radius 1 is 1.07 bits per heavy atom. The number of aliphatic hydroxyl groups excluding tert-OH is 1. The Morgan fingerprint density at radius 2 is 1.86 bits per heavy atom. The summed E-state index contributed by atoms with van der Waals surface area (Å²) in [7, 11) is 0. The predicted octanol–water partition coefficient (Wildman–Crippen LogP) is 2.94. The summed E-state index contributed by atoms with van der Waals surface area (Å²) in [6.07, 6.45) is 1.43. The van der Waals surface area contributed by atoms with Gasteiger partial charge in [0.2, 0.25) is 5.69 Å². The SMILES string of the molecule is CCn1nc(C(=O)Nc2ccc(Oc3ccnc4[nH]nc(NC(C)CO)c34)c(F)c2)c(=O)n(-c2ccc(F)c(F)c2)c1=O. The molecule has 1 unspecified atom stereocenters. The molecule has 2 aromatic carbocycles. The Labute approximate surface area is 239 Å². The van der Waals surface area contributed by atoms with Gasteiger partial charge in [0.1, 0.15) is 11.1 Å². The number of H-pyrrole nitrogens is 1. The summed E-state index contributed by atoms with van der Waals surface area (Å²) in [4.78, 5) is 43.1. The molecule has 5 rings (SSSR count). The number of hydrogen-bond donors (Lipinski definition) is 4. The van der Waals surface area contributed by atoms with Crippen LogP contribution in [0.5, 0.6) is 11.5 Å². The summed E-state index contributed by atoms with van der Waals surface area (Å²) in [6, 6.07) is 7.01. The molecule has 5 aromatic rings. The van der Waals surface area contributed by atoms with Gasteiger partial charge in [-0.2, -0.15) is 10.2 Å². The van der Waals surface area contributed by atoms with Crippen LogP contribution in [0.1, 0.15) is 24.3 Å². The van der Waals surface area contributed by atoms with Crippen molar-refractivity contribution in [1.29, 1.82) is 0 Å². The topological polar surface area (TPSA) is 169 Å². The molecule has 0 radical (unpaired) electrons. The molecule has 0 saturated carbocycles. The standard InChI is InChI=1S/C27H23F3N8O5/c1-3-37-27(42)38(15-5-6-16(28)17(29)11-15)26(41)22(36-37)25(40)33-14-4-7-19(18(30)10-14)43-20-8-9-31-23-21(20)24(35-34-23)32-13(2)12-39/h4-11,13,39H,3,12H2,1-2H3,(H,33,40)(H2,31,32,34,35). The maximum Gasteiger partial charge on any atom is 0.352 e. The quantitative estimate of drug-likeness (QED) is 0.200. The number of rotatable bonds is 9. The normalized spacial score (nSPS) is 11.9. The lowest BCUT2D eigenvalue weighted by Crippen LogP contribution is -2.44. The molecule has 0 fully saturated rings. The molecule has 3 aromatic heterocycles. The Balaban J connectivity index is 1.43. The molecule has 0 saturated heterocycles. The smallest absolute Gasteiger partial charge is 0.352 e. The number of aryl methyl sites for hydroxylation is 1. The summed E-state index contributed by atoms with van der Waals surface area (Å²) in [5, 5.41) is 25.8. The lowest BCUT2D eigenvalue weighted by atomic mass is 10.2. The van der Waals surface area contributed by atoms with Crippen LogP contribution in [0, 0.1) is 17.5 Å². The van der Waals surface area contributed by atoms with E-state index in [-0.39, 0.29) is 42.1 Å². The van der Waals surface area contributed by atoms with Crippen molar-refractivity contribution in [2.45, 2.75) is 26.4 Å². The van der Waals surface area contributed by atoms with Gasteiger partial charge in [0, 0.05) is 42.7 Å². The fraction of sp³-hybridized carbons (Fsp3) is 0.185. The van der Waals surface area contributed by atoms with Crippen LogP contribution in [0.3, 0.4) is 0 Å². The number of amides is 1. The number of aromatic amines is 1. The fourth-order valence-corrected chi connectivity index (χ4v) is 4.08. The van der Waals surface area contributed by atoms with E-state index in [9.17, 15) is 28.3 Å². The number of nitrogens with zero attached hydrogens (tertiary/aromatic N) is 5. The lowest BCUT2D eigenvalue weighted by Gasteiger charge is -2.13. The van der Waals surface area contributed by atoms with E-state index in [1.54, 1.807) is 6.92 Å². The molecule has 43 heavy (non-hydrogen) atoms. The van der Waals surface area contributed by atoms with Crippen LogP contribution in [0.25, 0.3) is 16.7 Å². The van der Waals surface area contributed by atoms with Crippen LogP contribution in [0.2, 0.25) is 0 Å². The van der Waals surface area contributed by atoms with Crippen LogP contribution in [-0.4, -0.2) is 53.2 Å². The van der Waals surface area contributed by atoms with Gasteiger partial charge in [0.05, 0.1) is 12.3 Å². The molecule has 3 heterocycles. The van der Waals surface area contributed by atoms with E-state index >= 15 is 4.39 Å². The second-order valence-electron chi connectivity index (χ2n) is 9.22. The monoisotopic (exact) mass is 596 g/mol. The first kappa shape index (κ1) is 29.0. The van der Waals surface area contributed by atoms with E-state index in [4.69, 9.17) is 4.74 Å². The van der Waals surface area contributed by atoms with Crippen molar-refractivity contribution >= 4 is 28.4 Å². The fourth-order valence-electron chi connectivity index (χ4n) is 4.08. The van der Waals surface area contributed by atoms with Crippen molar-refractivity contribution in [3.8, 4) is 17.2 Å². The molecule has 0 aliphatic heterocycles.